The van der Waals surface area contributed by atoms with Gasteiger partial charge in [-0.3, -0.25) is 9.59 Å². The highest BCUT2D eigenvalue weighted by atomic mass is 16.2. The van der Waals surface area contributed by atoms with Gasteiger partial charge in [-0.15, -0.1) is 0 Å². The number of anilines is 2. The minimum atomic E-state index is -0.124. The van der Waals surface area contributed by atoms with Crippen molar-refractivity contribution in [3.05, 3.63) is 95.1 Å². The Morgan fingerprint density at radius 3 is 2.41 bits per heavy atom. The standard InChI is InChI=1S/C25H24N2O2/c1-2-18-10-12-19(13-11-18)24(28)26-22-14-15-23-21(17-22)9-6-16-27(23)25(29)20-7-4-3-5-8-20/h3-5,7-8,10-15,17H,2,6,9,16H2,1H3,(H,26,28). The van der Waals surface area contributed by atoms with Gasteiger partial charge in [0.2, 0.25) is 0 Å². The van der Waals surface area contributed by atoms with Crippen LogP contribution in [0.25, 0.3) is 0 Å². The Balaban J connectivity index is 1.53. The van der Waals surface area contributed by atoms with Gasteiger partial charge in [-0.05, 0) is 72.9 Å². The van der Waals surface area contributed by atoms with Crippen LogP contribution in [-0.4, -0.2) is 18.4 Å². The summed E-state index contributed by atoms with van der Waals surface area (Å²) in [7, 11) is 0. The van der Waals surface area contributed by atoms with Crippen LogP contribution in [0.3, 0.4) is 0 Å². The molecule has 1 heterocycles. The highest BCUT2D eigenvalue weighted by molar-refractivity contribution is 6.07. The number of rotatable bonds is 4. The van der Waals surface area contributed by atoms with Crippen molar-refractivity contribution in [2.75, 3.05) is 16.8 Å². The summed E-state index contributed by atoms with van der Waals surface area (Å²) in [6.45, 7) is 2.80. The van der Waals surface area contributed by atoms with Crippen molar-refractivity contribution in [2.24, 2.45) is 0 Å². The summed E-state index contributed by atoms with van der Waals surface area (Å²) >= 11 is 0. The molecular formula is C25H24N2O2. The van der Waals surface area contributed by atoms with Crippen molar-refractivity contribution in [1.82, 2.24) is 0 Å². The van der Waals surface area contributed by atoms with E-state index >= 15 is 0 Å². The van der Waals surface area contributed by atoms with Crippen molar-refractivity contribution in [1.29, 1.82) is 0 Å². The minimum Gasteiger partial charge on any atom is -0.322 e. The van der Waals surface area contributed by atoms with Gasteiger partial charge < -0.3 is 10.2 Å². The number of nitrogens with one attached hydrogen (secondary N) is 1. The molecule has 146 valence electrons. The Kier molecular flexibility index (Phi) is 5.43. The number of benzene rings is 3. The van der Waals surface area contributed by atoms with Gasteiger partial charge in [0.25, 0.3) is 11.8 Å². The van der Waals surface area contributed by atoms with E-state index in [1.807, 2.05) is 77.7 Å². The molecule has 4 nitrogen and oxygen atoms in total. The SMILES string of the molecule is CCc1ccc(C(=O)Nc2ccc3c(c2)CCCN3C(=O)c2ccccc2)cc1. The molecule has 0 aromatic heterocycles. The normalized spacial score (nSPS) is 12.9. The molecule has 0 bridgehead atoms. The number of hydrogen-bond donors (Lipinski definition) is 1. The Labute approximate surface area is 171 Å². The number of carbonyl (C=O) groups is 2. The molecule has 29 heavy (non-hydrogen) atoms. The van der Waals surface area contributed by atoms with Gasteiger partial charge in [-0.1, -0.05) is 37.3 Å². The molecule has 4 rings (SSSR count). The first-order valence-electron chi connectivity index (χ1n) is 10.1. The third kappa shape index (κ3) is 4.06. The molecule has 3 aromatic carbocycles. The lowest BCUT2D eigenvalue weighted by Crippen LogP contribution is -2.35. The van der Waals surface area contributed by atoms with Crippen molar-refractivity contribution in [2.45, 2.75) is 26.2 Å². The molecule has 1 aliphatic heterocycles. The Bertz CT molecular complexity index is 1030. The number of hydrogen-bond acceptors (Lipinski definition) is 2. The van der Waals surface area contributed by atoms with E-state index in [2.05, 4.69) is 12.2 Å². The van der Waals surface area contributed by atoms with E-state index in [0.717, 1.165) is 36.2 Å². The van der Waals surface area contributed by atoms with Gasteiger partial charge in [0.1, 0.15) is 0 Å². The average molecular weight is 384 g/mol. The molecule has 0 atom stereocenters. The summed E-state index contributed by atoms with van der Waals surface area (Å²) in [5.74, 6) is -0.111. The average Bonchev–Trinajstić information content (AvgIpc) is 2.78. The van der Waals surface area contributed by atoms with Crippen molar-refractivity contribution in [3.63, 3.8) is 0 Å². The van der Waals surface area contributed by atoms with Crippen molar-refractivity contribution < 1.29 is 9.59 Å². The van der Waals surface area contributed by atoms with Gasteiger partial charge in [-0.2, -0.15) is 0 Å². The van der Waals surface area contributed by atoms with Crippen molar-refractivity contribution in [3.8, 4) is 0 Å². The summed E-state index contributed by atoms with van der Waals surface area (Å²) in [5.41, 5.74) is 5.30. The molecule has 0 spiro atoms. The van der Waals surface area contributed by atoms with E-state index in [0.29, 0.717) is 17.7 Å². The smallest absolute Gasteiger partial charge is 0.258 e. The van der Waals surface area contributed by atoms with Gasteiger partial charge in [0, 0.05) is 29.0 Å². The van der Waals surface area contributed by atoms with Crippen molar-refractivity contribution >= 4 is 23.2 Å². The maximum atomic E-state index is 12.9. The molecule has 0 fully saturated rings. The molecule has 0 unspecified atom stereocenters. The fourth-order valence-electron chi connectivity index (χ4n) is 3.72. The van der Waals surface area contributed by atoms with Crippen LogP contribution in [0.5, 0.6) is 0 Å². The van der Waals surface area contributed by atoms with Crippen LogP contribution in [0.2, 0.25) is 0 Å². The fraction of sp³-hybridized carbons (Fsp3) is 0.200. The van der Waals surface area contributed by atoms with E-state index in [1.54, 1.807) is 0 Å². The maximum absolute atomic E-state index is 12.9. The van der Waals surface area contributed by atoms with Crippen LogP contribution in [0.1, 0.15) is 45.2 Å². The lowest BCUT2D eigenvalue weighted by Gasteiger charge is -2.30. The Morgan fingerprint density at radius 2 is 1.69 bits per heavy atom. The molecular weight excluding hydrogens is 360 g/mol. The summed E-state index contributed by atoms with van der Waals surface area (Å²) in [5, 5.41) is 2.98. The Morgan fingerprint density at radius 1 is 0.931 bits per heavy atom. The first-order valence-corrected chi connectivity index (χ1v) is 10.1. The minimum absolute atomic E-state index is 0.0133. The zero-order valence-corrected chi connectivity index (χ0v) is 16.5. The maximum Gasteiger partial charge on any atom is 0.258 e. The van der Waals surface area contributed by atoms with Crippen LogP contribution in [-0.2, 0) is 12.8 Å². The summed E-state index contributed by atoms with van der Waals surface area (Å²) < 4.78 is 0. The first kappa shape index (κ1) is 18.9. The van der Waals surface area contributed by atoms with Crippen LogP contribution >= 0.6 is 0 Å². The molecule has 0 radical (unpaired) electrons. The third-order valence-electron chi connectivity index (χ3n) is 5.35. The lowest BCUT2D eigenvalue weighted by atomic mass is 9.99. The summed E-state index contributed by atoms with van der Waals surface area (Å²) in [6, 6.07) is 22.8. The zero-order chi connectivity index (χ0) is 20.2. The number of fused-ring (bicyclic) bond motifs is 1. The van der Waals surface area contributed by atoms with E-state index in [1.165, 1.54) is 5.56 Å². The molecule has 0 saturated carbocycles. The fourth-order valence-corrected chi connectivity index (χ4v) is 3.72. The van der Waals surface area contributed by atoms with Crippen LogP contribution < -0.4 is 10.2 Å². The van der Waals surface area contributed by atoms with Gasteiger partial charge in [-0.25, -0.2) is 0 Å². The molecule has 0 saturated heterocycles. The van der Waals surface area contributed by atoms with Crippen LogP contribution in [0.15, 0.2) is 72.8 Å². The number of aryl methyl sites for hydroxylation is 2. The number of nitrogens with zero attached hydrogens (tertiary/aromatic N) is 1. The topological polar surface area (TPSA) is 49.4 Å². The highest BCUT2D eigenvalue weighted by Crippen LogP contribution is 2.31. The molecule has 2 amide bonds. The van der Waals surface area contributed by atoms with E-state index in [-0.39, 0.29) is 11.8 Å². The van der Waals surface area contributed by atoms with E-state index in [4.69, 9.17) is 0 Å². The molecule has 0 aliphatic carbocycles. The Hall–Kier alpha value is -3.40. The zero-order valence-electron chi connectivity index (χ0n) is 16.5. The summed E-state index contributed by atoms with van der Waals surface area (Å²) in [4.78, 5) is 27.3. The quantitative estimate of drug-likeness (QED) is 0.681. The largest absolute Gasteiger partial charge is 0.322 e. The van der Waals surface area contributed by atoms with Crippen LogP contribution in [0.4, 0.5) is 11.4 Å². The van der Waals surface area contributed by atoms with Crippen LogP contribution in [0, 0.1) is 0 Å². The monoisotopic (exact) mass is 384 g/mol. The second-order valence-electron chi connectivity index (χ2n) is 7.27. The van der Waals surface area contributed by atoms with Gasteiger partial charge in [0.15, 0.2) is 0 Å². The molecule has 1 N–H and O–H groups in total. The second-order valence-corrected chi connectivity index (χ2v) is 7.27. The molecule has 4 heteroatoms. The third-order valence-corrected chi connectivity index (χ3v) is 5.35. The second kappa shape index (κ2) is 8.31. The molecule has 3 aromatic rings. The number of carbonyl (C=O) groups excluding carboxylic acids is 2. The van der Waals surface area contributed by atoms with E-state index < -0.39 is 0 Å². The molecule has 1 aliphatic rings. The first-order chi connectivity index (χ1) is 14.2. The van der Waals surface area contributed by atoms with Gasteiger partial charge >= 0.3 is 0 Å². The predicted molar refractivity (Wildman–Crippen MR) is 117 cm³/mol. The summed E-state index contributed by atoms with van der Waals surface area (Å²) in [6.07, 6.45) is 2.75. The van der Waals surface area contributed by atoms with E-state index in [9.17, 15) is 9.59 Å². The number of amides is 2. The lowest BCUT2D eigenvalue weighted by molar-refractivity contribution is 0.0983. The predicted octanol–water partition coefficient (Wildman–Crippen LogP) is 5.09. The highest BCUT2D eigenvalue weighted by Gasteiger charge is 2.23. The van der Waals surface area contributed by atoms with Gasteiger partial charge in [0.05, 0.1) is 0 Å².